The van der Waals surface area contributed by atoms with Crippen molar-refractivity contribution in [2.45, 2.75) is 26.8 Å². The standard InChI is InChI=1S/C19H24N2O2S/c1-4-22-17-11-9-16(10-12-17)21-19(24)20-15(3)13-23-18-8-6-5-7-14(18)2/h5-12,15H,4,13H2,1-3H3,(H2,20,21,24)/t15-/m0/s1. The highest BCUT2D eigenvalue weighted by molar-refractivity contribution is 7.80. The summed E-state index contributed by atoms with van der Waals surface area (Å²) in [6, 6.07) is 15.8. The van der Waals surface area contributed by atoms with Gasteiger partial charge in [0.25, 0.3) is 0 Å². The topological polar surface area (TPSA) is 42.5 Å². The van der Waals surface area contributed by atoms with E-state index in [-0.39, 0.29) is 6.04 Å². The lowest BCUT2D eigenvalue weighted by Gasteiger charge is -2.18. The van der Waals surface area contributed by atoms with E-state index in [4.69, 9.17) is 21.7 Å². The summed E-state index contributed by atoms with van der Waals surface area (Å²) in [4.78, 5) is 0. The van der Waals surface area contributed by atoms with E-state index in [0.29, 0.717) is 18.3 Å². The Kier molecular flexibility index (Phi) is 6.88. The van der Waals surface area contributed by atoms with Crippen molar-refractivity contribution in [3.8, 4) is 11.5 Å². The van der Waals surface area contributed by atoms with Crippen molar-refractivity contribution in [2.24, 2.45) is 0 Å². The van der Waals surface area contributed by atoms with E-state index < -0.39 is 0 Å². The van der Waals surface area contributed by atoms with Crippen LogP contribution in [0.15, 0.2) is 48.5 Å². The second kappa shape index (κ2) is 9.13. The van der Waals surface area contributed by atoms with E-state index in [1.807, 2.05) is 69.3 Å². The van der Waals surface area contributed by atoms with Crippen LogP contribution in [0.3, 0.4) is 0 Å². The number of hydrogen-bond acceptors (Lipinski definition) is 3. The lowest BCUT2D eigenvalue weighted by Crippen LogP contribution is -2.39. The molecule has 2 aromatic rings. The van der Waals surface area contributed by atoms with Gasteiger partial charge in [-0.2, -0.15) is 0 Å². The molecule has 0 spiro atoms. The van der Waals surface area contributed by atoms with E-state index in [0.717, 1.165) is 22.7 Å². The molecule has 128 valence electrons. The molecule has 0 fully saturated rings. The van der Waals surface area contributed by atoms with E-state index in [2.05, 4.69) is 10.6 Å². The average Bonchev–Trinajstić information content (AvgIpc) is 2.56. The maximum absolute atomic E-state index is 5.83. The van der Waals surface area contributed by atoms with Crippen molar-refractivity contribution in [3.05, 3.63) is 54.1 Å². The molecule has 0 unspecified atom stereocenters. The molecule has 0 amide bonds. The Morgan fingerprint density at radius 2 is 1.79 bits per heavy atom. The number of anilines is 1. The minimum absolute atomic E-state index is 0.0901. The predicted octanol–water partition coefficient (Wildman–Crippen LogP) is 4.15. The van der Waals surface area contributed by atoms with Crippen LogP contribution in [0.25, 0.3) is 0 Å². The van der Waals surface area contributed by atoms with Crippen LogP contribution in [-0.4, -0.2) is 24.4 Å². The first kappa shape index (κ1) is 18.1. The van der Waals surface area contributed by atoms with Gasteiger partial charge in [0.05, 0.1) is 12.6 Å². The van der Waals surface area contributed by atoms with Gasteiger partial charge in [0.2, 0.25) is 0 Å². The quantitative estimate of drug-likeness (QED) is 0.739. The molecule has 0 saturated carbocycles. The Morgan fingerprint density at radius 3 is 2.46 bits per heavy atom. The third-order valence-corrected chi connectivity index (χ3v) is 3.60. The normalized spacial score (nSPS) is 11.5. The molecule has 24 heavy (non-hydrogen) atoms. The van der Waals surface area contributed by atoms with Crippen molar-refractivity contribution < 1.29 is 9.47 Å². The number of aryl methyl sites for hydroxylation is 1. The molecule has 2 rings (SSSR count). The first-order valence-electron chi connectivity index (χ1n) is 8.07. The highest BCUT2D eigenvalue weighted by Gasteiger charge is 2.07. The summed E-state index contributed by atoms with van der Waals surface area (Å²) < 4.78 is 11.2. The van der Waals surface area contributed by atoms with E-state index in [1.165, 1.54) is 0 Å². The smallest absolute Gasteiger partial charge is 0.171 e. The minimum atomic E-state index is 0.0901. The maximum Gasteiger partial charge on any atom is 0.171 e. The first-order chi connectivity index (χ1) is 11.6. The fourth-order valence-corrected chi connectivity index (χ4v) is 2.49. The van der Waals surface area contributed by atoms with Gasteiger partial charge in [-0.15, -0.1) is 0 Å². The molecule has 2 aromatic carbocycles. The Bertz CT molecular complexity index is 659. The SMILES string of the molecule is CCOc1ccc(NC(=S)N[C@@H](C)COc2ccccc2C)cc1. The number of nitrogens with one attached hydrogen (secondary N) is 2. The molecule has 0 aliphatic heterocycles. The number of ether oxygens (including phenoxy) is 2. The maximum atomic E-state index is 5.83. The summed E-state index contributed by atoms with van der Waals surface area (Å²) in [5, 5.41) is 6.95. The molecular formula is C19H24N2O2S. The summed E-state index contributed by atoms with van der Waals surface area (Å²) in [6.07, 6.45) is 0. The van der Waals surface area contributed by atoms with Crippen LogP contribution in [0, 0.1) is 6.92 Å². The van der Waals surface area contributed by atoms with Gasteiger partial charge in [0, 0.05) is 5.69 Å². The Balaban J connectivity index is 1.78. The lowest BCUT2D eigenvalue weighted by molar-refractivity contribution is 0.285. The predicted molar refractivity (Wildman–Crippen MR) is 103 cm³/mol. The first-order valence-corrected chi connectivity index (χ1v) is 8.48. The van der Waals surface area contributed by atoms with Gasteiger partial charge in [-0.25, -0.2) is 0 Å². The fraction of sp³-hybridized carbons (Fsp3) is 0.316. The second-order valence-electron chi connectivity index (χ2n) is 5.53. The number of hydrogen-bond donors (Lipinski definition) is 2. The van der Waals surface area contributed by atoms with Crippen LogP contribution in [0.5, 0.6) is 11.5 Å². The van der Waals surface area contributed by atoms with Crippen LogP contribution in [0.2, 0.25) is 0 Å². The Hall–Kier alpha value is -2.27. The molecule has 5 heteroatoms. The Labute approximate surface area is 149 Å². The summed E-state index contributed by atoms with van der Waals surface area (Å²) in [6.45, 7) is 7.22. The zero-order chi connectivity index (χ0) is 17.4. The molecule has 0 aromatic heterocycles. The molecule has 0 radical (unpaired) electrons. The van der Waals surface area contributed by atoms with Crippen LogP contribution in [-0.2, 0) is 0 Å². The molecule has 0 bridgehead atoms. The Morgan fingerprint density at radius 1 is 1.08 bits per heavy atom. The molecule has 0 saturated heterocycles. The van der Waals surface area contributed by atoms with Gasteiger partial charge in [-0.3, -0.25) is 0 Å². The zero-order valence-corrected chi connectivity index (χ0v) is 15.2. The summed E-state index contributed by atoms with van der Waals surface area (Å²) in [5.41, 5.74) is 2.04. The van der Waals surface area contributed by atoms with Crippen molar-refractivity contribution in [3.63, 3.8) is 0 Å². The van der Waals surface area contributed by atoms with Gasteiger partial charge >= 0.3 is 0 Å². The van der Waals surface area contributed by atoms with E-state index in [9.17, 15) is 0 Å². The summed E-state index contributed by atoms with van der Waals surface area (Å²) >= 11 is 5.34. The van der Waals surface area contributed by atoms with Crippen molar-refractivity contribution in [2.75, 3.05) is 18.5 Å². The summed E-state index contributed by atoms with van der Waals surface area (Å²) in [5.74, 6) is 1.75. The van der Waals surface area contributed by atoms with Crippen molar-refractivity contribution in [1.29, 1.82) is 0 Å². The average molecular weight is 344 g/mol. The largest absolute Gasteiger partial charge is 0.494 e. The summed E-state index contributed by atoms with van der Waals surface area (Å²) in [7, 11) is 0. The van der Waals surface area contributed by atoms with Crippen molar-refractivity contribution in [1.82, 2.24) is 5.32 Å². The van der Waals surface area contributed by atoms with Gasteiger partial charge in [0.15, 0.2) is 5.11 Å². The third kappa shape index (κ3) is 5.74. The van der Waals surface area contributed by atoms with Crippen LogP contribution in [0.1, 0.15) is 19.4 Å². The number of para-hydroxylation sites is 1. The molecular weight excluding hydrogens is 320 g/mol. The van der Waals surface area contributed by atoms with E-state index in [1.54, 1.807) is 0 Å². The highest BCUT2D eigenvalue weighted by atomic mass is 32.1. The molecule has 1 atom stereocenters. The third-order valence-electron chi connectivity index (χ3n) is 3.38. The molecule has 0 heterocycles. The zero-order valence-electron chi connectivity index (χ0n) is 14.3. The fourth-order valence-electron chi connectivity index (χ4n) is 2.17. The minimum Gasteiger partial charge on any atom is -0.494 e. The molecule has 4 nitrogen and oxygen atoms in total. The molecule has 0 aliphatic carbocycles. The van der Waals surface area contributed by atoms with Gasteiger partial charge < -0.3 is 20.1 Å². The number of benzene rings is 2. The molecule has 2 N–H and O–H groups in total. The van der Waals surface area contributed by atoms with Crippen LogP contribution >= 0.6 is 12.2 Å². The monoisotopic (exact) mass is 344 g/mol. The number of thiocarbonyl (C=S) groups is 1. The van der Waals surface area contributed by atoms with Crippen LogP contribution < -0.4 is 20.1 Å². The number of rotatable bonds is 7. The molecule has 0 aliphatic rings. The van der Waals surface area contributed by atoms with Gasteiger partial charge in [-0.05, 0) is 68.9 Å². The van der Waals surface area contributed by atoms with Gasteiger partial charge in [-0.1, -0.05) is 18.2 Å². The second-order valence-corrected chi connectivity index (χ2v) is 5.94. The highest BCUT2D eigenvalue weighted by Crippen LogP contribution is 2.17. The van der Waals surface area contributed by atoms with Gasteiger partial charge in [0.1, 0.15) is 18.1 Å². The lowest BCUT2D eigenvalue weighted by atomic mass is 10.2. The van der Waals surface area contributed by atoms with E-state index >= 15 is 0 Å². The van der Waals surface area contributed by atoms with Crippen molar-refractivity contribution >= 4 is 23.0 Å². The van der Waals surface area contributed by atoms with Crippen LogP contribution in [0.4, 0.5) is 5.69 Å².